The highest BCUT2D eigenvalue weighted by Gasteiger charge is 2.16. The second-order valence-corrected chi connectivity index (χ2v) is 11.3. The summed E-state index contributed by atoms with van der Waals surface area (Å²) in [4.78, 5) is 14.9. The highest BCUT2D eigenvalue weighted by Crippen LogP contribution is 2.40. The van der Waals surface area contributed by atoms with Crippen LogP contribution in [-0.4, -0.2) is 15.0 Å². The van der Waals surface area contributed by atoms with Crippen LogP contribution in [0.15, 0.2) is 176 Å². The summed E-state index contributed by atoms with van der Waals surface area (Å²) in [6, 6.07) is 61.2. The molecule has 46 heavy (non-hydrogen) atoms. The van der Waals surface area contributed by atoms with E-state index in [0.29, 0.717) is 17.5 Å². The molecule has 3 nitrogen and oxygen atoms in total. The van der Waals surface area contributed by atoms with Crippen molar-refractivity contribution in [3.63, 3.8) is 0 Å². The van der Waals surface area contributed by atoms with Crippen LogP contribution in [0.4, 0.5) is 0 Å². The lowest BCUT2D eigenvalue weighted by molar-refractivity contribution is 1.07. The van der Waals surface area contributed by atoms with E-state index in [9.17, 15) is 0 Å². The SMILES string of the molecule is c1ccc(-c2ccc(-c3cccc(-c4nc(-c5ccccc5)nc(-c5ccccc5)n4)c3)c(-c3cccc4ccccc34)c2)cc1. The van der Waals surface area contributed by atoms with Crippen LogP contribution in [0.2, 0.25) is 0 Å². The first-order valence-electron chi connectivity index (χ1n) is 15.5. The fraction of sp³-hybridized carbons (Fsp3) is 0. The lowest BCUT2D eigenvalue weighted by atomic mass is 9.88. The monoisotopic (exact) mass is 587 g/mol. The second kappa shape index (κ2) is 12.1. The van der Waals surface area contributed by atoms with Gasteiger partial charge in [-0.1, -0.05) is 164 Å². The molecule has 3 heteroatoms. The summed E-state index contributed by atoms with van der Waals surface area (Å²) >= 11 is 0. The molecule has 0 aliphatic rings. The Morgan fingerprint density at radius 1 is 0.261 bits per heavy atom. The summed E-state index contributed by atoms with van der Waals surface area (Å²) in [6.45, 7) is 0. The molecule has 0 N–H and O–H groups in total. The van der Waals surface area contributed by atoms with Crippen LogP contribution in [0.25, 0.3) is 78.3 Å². The Labute approximate surface area is 268 Å². The predicted octanol–water partition coefficient (Wildman–Crippen LogP) is 11.0. The van der Waals surface area contributed by atoms with Gasteiger partial charge in [-0.25, -0.2) is 15.0 Å². The molecule has 0 spiro atoms. The third-order valence-electron chi connectivity index (χ3n) is 8.34. The molecule has 7 aromatic carbocycles. The van der Waals surface area contributed by atoms with Gasteiger partial charge in [-0.2, -0.15) is 0 Å². The Morgan fingerprint density at radius 3 is 1.43 bits per heavy atom. The van der Waals surface area contributed by atoms with Crippen LogP contribution < -0.4 is 0 Å². The molecule has 0 radical (unpaired) electrons. The van der Waals surface area contributed by atoms with Crippen molar-refractivity contribution >= 4 is 10.8 Å². The van der Waals surface area contributed by atoms with Gasteiger partial charge in [0.25, 0.3) is 0 Å². The Morgan fingerprint density at radius 2 is 0.761 bits per heavy atom. The minimum Gasteiger partial charge on any atom is -0.208 e. The van der Waals surface area contributed by atoms with Gasteiger partial charge in [-0.3, -0.25) is 0 Å². The summed E-state index contributed by atoms with van der Waals surface area (Å²) in [6.07, 6.45) is 0. The topological polar surface area (TPSA) is 38.7 Å². The molecular formula is C43H29N3. The lowest BCUT2D eigenvalue weighted by Gasteiger charge is -2.16. The van der Waals surface area contributed by atoms with E-state index >= 15 is 0 Å². The minimum absolute atomic E-state index is 0.641. The number of hydrogen-bond acceptors (Lipinski definition) is 3. The number of nitrogens with zero attached hydrogens (tertiary/aromatic N) is 3. The fourth-order valence-electron chi connectivity index (χ4n) is 6.05. The molecule has 1 aromatic heterocycles. The molecule has 8 rings (SSSR count). The Balaban J connectivity index is 1.31. The van der Waals surface area contributed by atoms with Crippen LogP contribution >= 0.6 is 0 Å². The molecule has 0 aliphatic carbocycles. The van der Waals surface area contributed by atoms with Crippen molar-refractivity contribution in [2.24, 2.45) is 0 Å². The normalized spacial score (nSPS) is 11.0. The smallest absolute Gasteiger partial charge is 0.164 e. The van der Waals surface area contributed by atoms with E-state index in [2.05, 4.69) is 115 Å². The molecular weight excluding hydrogens is 558 g/mol. The Kier molecular flexibility index (Phi) is 7.18. The molecule has 8 aromatic rings. The van der Waals surface area contributed by atoms with Gasteiger partial charge in [0.05, 0.1) is 0 Å². The first-order chi connectivity index (χ1) is 22.8. The average Bonchev–Trinajstić information content (AvgIpc) is 3.15. The Hall–Kier alpha value is -6.19. The summed E-state index contributed by atoms with van der Waals surface area (Å²) in [7, 11) is 0. The minimum atomic E-state index is 0.641. The molecule has 0 atom stereocenters. The van der Waals surface area contributed by atoms with Gasteiger partial charge in [-0.15, -0.1) is 0 Å². The van der Waals surface area contributed by atoms with Crippen molar-refractivity contribution < 1.29 is 0 Å². The average molecular weight is 588 g/mol. The van der Waals surface area contributed by atoms with Crippen molar-refractivity contribution in [2.45, 2.75) is 0 Å². The van der Waals surface area contributed by atoms with Crippen LogP contribution in [0.3, 0.4) is 0 Å². The molecule has 1 heterocycles. The van der Waals surface area contributed by atoms with E-state index in [1.54, 1.807) is 0 Å². The molecule has 0 aliphatic heterocycles. The standard InChI is InChI=1S/C43H29N3/c1-4-14-30(15-5-1)34-26-27-38(40(29-34)39-25-13-21-31-16-10-11-24-37(31)39)35-22-12-23-36(28-35)43-45-41(32-17-6-2-7-18-32)44-42(46-43)33-19-8-3-9-20-33/h1-29H. The van der Waals surface area contributed by atoms with E-state index in [0.717, 1.165) is 27.8 Å². The van der Waals surface area contributed by atoms with E-state index in [-0.39, 0.29) is 0 Å². The zero-order valence-corrected chi connectivity index (χ0v) is 25.1. The molecule has 0 bridgehead atoms. The summed E-state index contributed by atoms with van der Waals surface area (Å²) in [5.41, 5.74) is 9.85. The maximum absolute atomic E-state index is 4.99. The number of fused-ring (bicyclic) bond motifs is 1. The quantitative estimate of drug-likeness (QED) is 0.194. The van der Waals surface area contributed by atoms with Crippen molar-refractivity contribution in [3.8, 4) is 67.5 Å². The van der Waals surface area contributed by atoms with Crippen molar-refractivity contribution in [2.75, 3.05) is 0 Å². The van der Waals surface area contributed by atoms with Gasteiger partial charge < -0.3 is 0 Å². The van der Waals surface area contributed by atoms with Gasteiger partial charge in [0.1, 0.15) is 0 Å². The number of rotatable bonds is 6. The van der Waals surface area contributed by atoms with E-state index < -0.39 is 0 Å². The van der Waals surface area contributed by atoms with E-state index in [4.69, 9.17) is 15.0 Å². The van der Waals surface area contributed by atoms with Crippen molar-refractivity contribution in [1.82, 2.24) is 15.0 Å². The molecule has 0 unspecified atom stereocenters. The zero-order valence-electron chi connectivity index (χ0n) is 25.1. The van der Waals surface area contributed by atoms with Crippen LogP contribution in [-0.2, 0) is 0 Å². The summed E-state index contributed by atoms with van der Waals surface area (Å²) in [5, 5.41) is 2.45. The highest BCUT2D eigenvalue weighted by atomic mass is 15.0. The van der Waals surface area contributed by atoms with Crippen molar-refractivity contribution in [3.05, 3.63) is 176 Å². The van der Waals surface area contributed by atoms with Gasteiger partial charge in [0.2, 0.25) is 0 Å². The van der Waals surface area contributed by atoms with Crippen LogP contribution in [0.1, 0.15) is 0 Å². The summed E-state index contributed by atoms with van der Waals surface area (Å²) < 4.78 is 0. The zero-order chi connectivity index (χ0) is 30.7. The number of hydrogen-bond donors (Lipinski definition) is 0. The summed E-state index contributed by atoms with van der Waals surface area (Å²) in [5.74, 6) is 1.94. The third-order valence-corrected chi connectivity index (χ3v) is 8.34. The predicted molar refractivity (Wildman–Crippen MR) is 190 cm³/mol. The molecule has 0 saturated carbocycles. The fourth-order valence-corrected chi connectivity index (χ4v) is 6.05. The van der Waals surface area contributed by atoms with Gasteiger partial charge in [0.15, 0.2) is 17.5 Å². The van der Waals surface area contributed by atoms with E-state index in [1.165, 1.54) is 33.0 Å². The second-order valence-electron chi connectivity index (χ2n) is 11.3. The molecule has 216 valence electrons. The van der Waals surface area contributed by atoms with Crippen LogP contribution in [0.5, 0.6) is 0 Å². The largest absolute Gasteiger partial charge is 0.208 e. The van der Waals surface area contributed by atoms with E-state index in [1.807, 2.05) is 60.7 Å². The van der Waals surface area contributed by atoms with Gasteiger partial charge in [-0.05, 0) is 56.3 Å². The van der Waals surface area contributed by atoms with Crippen molar-refractivity contribution in [1.29, 1.82) is 0 Å². The highest BCUT2D eigenvalue weighted by molar-refractivity contribution is 6.01. The third kappa shape index (κ3) is 5.36. The number of benzene rings is 7. The Bertz CT molecular complexity index is 2230. The first kappa shape index (κ1) is 27.4. The lowest BCUT2D eigenvalue weighted by Crippen LogP contribution is -2.00. The van der Waals surface area contributed by atoms with Gasteiger partial charge >= 0.3 is 0 Å². The maximum Gasteiger partial charge on any atom is 0.164 e. The van der Waals surface area contributed by atoms with Gasteiger partial charge in [0, 0.05) is 16.7 Å². The van der Waals surface area contributed by atoms with Crippen LogP contribution in [0, 0.1) is 0 Å². The molecule has 0 saturated heterocycles. The number of aromatic nitrogens is 3. The maximum atomic E-state index is 4.99. The first-order valence-corrected chi connectivity index (χ1v) is 15.5. The molecule has 0 fully saturated rings. The molecule has 0 amide bonds.